The molecule has 5 rings (SSSR count). The molecule has 2 saturated carbocycles. The highest BCUT2D eigenvalue weighted by atomic mass is 16.2. The van der Waals surface area contributed by atoms with Gasteiger partial charge < -0.3 is 4.90 Å². The van der Waals surface area contributed by atoms with Crippen LogP contribution in [0.1, 0.15) is 30.9 Å². The molecule has 0 aromatic heterocycles. The summed E-state index contributed by atoms with van der Waals surface area (Å²) in [7, 11) is 0. The number of hydrogen-bond donors (Lipinski definition) is 0. The van der Waals surface area contributed by atoms with Crippen molar-refractivity contribution in [2.75, 3.05) is 11.4 Å². The molecule has 2 aromatic rings. The highest BCUT2D eigenvalue weighted by Crippen LogP contribution is 2.80. The van der Waals surface area contributed by atoms with Gasteiger partial charge in [0.1, 0.15) is 0 Å². The number of amides is 1. The van der Waals surface area contributed by atoms with Crippen molar-refractivity contribution in [2.24, 2.45) is 11.3 Å². The number of nitrogens with zero attached hydrogens (tertiary/aromatic N) is 1. The Balaban J connectivity index is 1.83. The molecule has 120 valence electrons. The number of fused-ring (bicyclic) bond motifs is 4. The van der Waals surface area contributed by atoms with E-state index in [4.69, 9.17) is 0 Å². The molecule has 0 bridgehead atoms. The van der Waals surface area contributed by atoms with Gasteiger partial charge >= 0.3 is 0 Å². The van der Waals surface area contributed by atoms with Gasteiger partial charge in [-0.1, -0.05) is 60.7 Å². The molecule has 0 unspecified atom stereocenters. The molecule has 2 nitrogen and oxygen atoms in total. The van der Waals surface area contributed by atoms with Crippen LogP contribution in [-0.2, 0) is 10.2 Å². The van der Waals surface area contributed by atoms with Crippen LogP contribution in [-0.4, -0.2) is 12.5 Å². The second kappa shape index (κ2) is 4.38. The molecule has 1 aliphatic heterocycles. The van der Waals surface area contributed by atoms with Crippen LogP contribution in [0.3, 0.4) is 0 Å². The van der Waals surface area contributed by atoms with E-state index in [1.807, 2.05) is 11.0 Å². The van der Waals surface area contributed by atoms with Gasteiger partial charge in [-0.25, -0.2) is 0 Å². The van der Waals surface area contributed by atoms with Crippen LogP contribution >= 0.6 is 0 Å². The van der Waals surface area contributed by atoms with E-state index in [1.54, 1.807) is 6.92 Å². The maximum absolute atomic E-state index is 12.3. The Kier molecular flexibility index (Phi) is 2.56. The van der Waals surface area contributed by atoms with E-state index in [-0.39, 0.29) is 16.7 Å². The number of benzene rings is 2. The van der Waals surface area contributed by atoms with Gasteiger partial charge in [0.2, 0.25) is 5.91 Å². The Morgan fingerprint density at radius 2 is 1.75 bits per heavy atom. The standard InChI is InChI=1S/C22H21NO/c1-15-19-14-23(16(2)24)20-11-7-6-10-18(20)22(19,21(15)12-13-21)17-8-4-3-5-9-17/h3-11,19H,1,12-14H2,2H3/t19-,22-/m0/s1. The largest absolute Gasteiger partial charge is 0.312 e. The Hall–Kier alpha value is -2.35. The first-order valence-electron chi connectivity index (χ1n) is 8.75. The molecule has 3 aliphatic rings. The number of rotatable bonds is 1. The van der Waals surface area contributed by atoms with Crippen molar-refractivity contribution in [1.29, 1.82) is 0 Å². The minimum Gasteiger partial charge on any atom is -0.312 e. The lowest BCUT2D eigenvalue weighted by Crippen LogP contribution is -2.64. The van der Waals surface area contributed by atoms with E-state index in [9.17, 15) is 4.79 Å². The first kappa shape index (κ1) is 14.0. The average Bonchev–Trinajstić information content (AvgIpc) is 3.43. The van der Waals surface area contributed by atoms with Gasteiger partial charge in [-0.3, -0.25) is 4.79 Å². The van der Waals surface area contributed by atoms with Crippen molar-refractivity contribution >= 4 is 11.6 Å². The third kappa shape index (κ3) is 1.37. The second-order valence-corrected chi connectivity index (χ2v) is 7.48. The van der Waals surface area contributed by atoms with Crippen LogP contribution in [0.2, 0.25) is 0 Å². The van der Waals surface area contributed by atoms with Gasteiger partial charge in [0.25, 0.3) is 0 Å². The SMILES string of the molecule is C=C1[C@@H]2CN(C(C)=O)c3ccccc3[C@]2(c2ccccc2)C12CC2. The fraction of sp³-hybridized carbons (Fsp3) is 0.318. The lowest BCUT2D eigenvalue weighted by molar-refractivity contribution is -0.117. The van der Waals surface area contributed by atoms with Crippen LogP contribution in [0.25, 0.3) is 0 Å². The van der Waals surface area contributed by atoms with Crippen molar-refractivity contribution in [3.63, 3.8) is 0 Å². The van der Waals surface area contributed by atoms with E-state index >= 15 is 0 Å². The molecule has 1 heterocycles. The number of carbonyl (C=O) groups excluding carboxylic acids is 1. The lowest BCUT2D eigenvalue weighted by Gasteiger charge is -2.64. The second-order valence-electron chi connectivity index (χ2n) is 7.48. The predicted octanol–water partition coefficient (Wildman–Crippen LogP) is 4.31. The van der Waals surface area contributed by atoms with Crippen LogP contribution in [0.5, 0.6) is 0 Å². The maximum Gasteiger partial charge on any atom is 0.223 e. The van der Waals surface area contributed by atoms with Crippen LogP contribution in [0, 0.1) is 11.3 Å². The molecule has 0 N–H and O–H groups in total. The summed E-state index contributed by atoms with van der Waals surface area (Å²) >= 11 is 0. The third-order valence-electron chi connectivity index (χ3n) is 6.66. The van der Waals surface area contributed by atoms with Crippen molar-refractivity contribution in [1.82, 2.24) is 0 Å². The van der Waals surface area contributed by atoms with Gasteiger partial charge in [0.15, 0.2) is 0 Å². The first-order chi connectivity index (χ1) is 11.6. The van der Waals surface area contributed by atoms with Crippen LogP contribution in [0.15, 0.2) is 66.7 Å². The molecular formula is C22H21NO. The molecule has 2 aliphatic carbocycles. The van der Waals surface area contributed by atoms with E-state index in [2.05, 4.69) is 55.1 Å². The Morgan fingerprint density at radius 1 is 1.08 bits per heavy atom. The van der Waals surface area contributed by atoms with Gasteiger partial charge in [-0.15, -0.1) is 0 Å². The fourth-order valence-corrected chi connectivity index (χ4v) is 5.59. The highest BCUT2D eigenvalue weighted by molar-refractivity contribution is 5.94. The molecule has 2 heteroatoms. The lowest BCUT2D eigenvalue weighted by atomic mass is 9.41. The molecule has 2 atom stereocenters. The van der Waals surface area contributed by atoms with E-state index in [0.717, 1.165) is 12.2 Å². The summed E-state index contributed by atoms with van der Waals surface area (Å²) in [5.74, 6) is 0.440. The van der Waals surface area contributed by atoms with Crippen molar-refractivity contribution < 1.29 is 4.79 Å². The summed E-state index contributed by atoms with van der Waals surface area (Å²) in [5, 5.41) is 0. The summed E-state index contributed by atoms with van der Waals surface area (Å²) < 4.78 is 0. The Labute approximate surface area is 142 Å². The van der Waals surface area contributed by atoms with Crippen molar-refractivity contribution in [2.45, 2.75) is 25.2 Å². The van der Waals surface area contributed by atoms with E-state index in [1.165, 1.54) is 29.5 Å². The van der Waals surface area contributed by atoms with E-state index < -0.39 is 0 Å². The molecule has 1 amide bonds. The molecule has 2 aromatic carbocycles. The molecule has 0 radical (unpaired) electrons. The van der Waals surface area contributed by atoms with Gasteiger partial charge in [-0.2, -0.15) is 0 Å². The summed E-state index contributed by atoms with van der Waals surface area (Å²) in [6.45, 7) is 6.88. The molecule has 1 spiro atoms. The average molecular weight is 315 g/mol. The zero-order valence-corrected chi connectivity index (χ0v) is 14.0. The molecular weight excluding hydrogens is 294 g/mol. The summed E-state index contributed by atoms with van der Waals surface area (Å²) in [4.78, 5) is 14.2. The van der Waals surface area contributed by atoms with Gasteiger partial charge in [0, 0.05) is 35.9 Å². The van der Waals surface area contributed by atoms with Crippen LogP contribution in [0.4, 0.5) is 5.69 Å². The number of para-hydroxylation sites is 1. The third-order valence-corrected chi connectivity index (χ3v) is 6.66. The number of carbonyl (C=O) groups is 1. The Morgan fingerprint density at radius 3 is 2.42 bits per heavy atom. The maximum atomic E-state index is 12.3. The zero-order chi connectivity index (χ0) is 16.5. The normalized spacial score (nSPS) is 28.8. The monoisotopic (exact) mass is 315 g/mol. The predicted molar refractivity (Wildman–Crippen MR) is 96.0 cm³/mol. The molecule has 0 saturated heterocycles. The summed E-state index contributed by atoms with van der Waals surface area (Å²) in [6, 6.07) is 19.4. The number of anilines is 1. The minimum atomic E-state index is -0.00606. The molecule has 2 fully saturated rings. The first-order valence-corrected chi connectivity index (χ1v) is 8.75. The van der Waals surface area contributed by atoms with Crippen LogP contribution < -0.4 is 4.90 Å². The topological polar surface area (TPSA) is 20.3 Å². The van der Waals surface area contributed by atoms with Crippen molar-refractivity contribution in [3.8, 4) is 0 Å². The van der Waals surface area contributed by atoms with Crippen molar-refractivity contribution in [3.05, 3.63) is 77.9 Å². The van der Waals surface area contributed by atoms with Gasteiger partial charge in [0.05, 0.1) is 0 Å². The smallest absolute Gasteiger partial charge is 0.223 e. The van der Waals surface area contributed by atoms with Gasteiger partial charge in [-0.05, 0) is 30.0 Å². The fourth-order valence-electron chi connectivity index (χ4n) is 5.59. The molecule has 24 heavy (non-hydrogen) atoms. The minimum absolute atomic E-state index is 0.00606. The summed E-state index contributed by atoms with van der Waals surface area (Å²) in [6.07, 6.45) is 2.43. The Bertz CT molecular complexity index is 865. The quantitative estimate of drug-likeness (QED) is 0.718. The van der Waals surface area contributed by atoms with E-state index in [0.29, 0.717) is 5.92 Å². The number of hydrogen-bond acceptors (Lipinski definition) is 1. The summed E-state index contributed by atoms with van der Waals surface area (Å²) in [5.41, 5.74) is 5.34. The zero-order valence-electron chi connectivity index (χ0n) is 14.0. The highest BCUT2D eigenvalue weighted by Gasteiger charge is 2.76.